The Morgan fingerprint density at radius 2 is 1.81 bits per heavy atom. The molecule has 3 aromatic rings. The molecular formula is C19H20N2O6. The van der Waals surface area contributed by atoms with E-state index in [1.165, 1.54) is 12.3 Å². The van der Waals surface area contributed by atoms with Gasteiger partial charge < -0.3 is 28.5 Å². The lowest BCUT2D eigenvalue weighted by molar-refractivity contribution is 0.0945. The van der Waals surface area contributed by atoms with Gasteiger partial charge in [0.1, 0.15) is 0 Å². The summed E-state index contributed by atoms with van der Waals surface area (Å²) in [7, 11) is 4.67. The van der Waals surface area contributed by atoms with Crippen LogP contribution in [0, 0.1) is 0 Å². The fraction of sp³-hybridized carbons (Fsp3) is 0.263. The topological polar surface area (TPSA) is 96.0 Å². The number of amides is 1. The minimum Gasteiger partial charge on any atom is -0.493 e. The van der Waals surface area contributed by atoms with Crippen LogP contribution in [-0.4, -0.2) is 38.9 Å². The highest BCUT2D eigenvalue weighted by Crippen LogP contribution is 2.38. The van der Waals surface area contributed by atoms with Crippen LogP contribution in [-0.2, 0) is 6.42 Å². The van der Waals surface area contributed by atoms with E-state index in [-0.39, 0.29) is 11.6 Å². The van der Waals surface area contributed by atoms with Gasteiger partial charge >= 0.3 is 0 Å². The van der Waals surface area contributed by atoms with Gasteiger partial charge in [0.05, 0.1) is 27.6 Å². The number of furan rings is 1. The smallest absolute Gasteiger partial charge is 0.273 e. The lowest BCUT2D eigenvalue weighted by atomic mass is 10.1. The molecule has 1 aromatic carbocycles. The summed E-state index contributed by atoms with van der Waals surface area (Å²) in [5.41, 5.74) is 1.12. The van der Waals surface area contributed by atoms with Crippen molar-refractivity contribution in [2.75, 3.05) is 27.9 Å². The minimum atomic E-state index is -0.330. The highest BCUT2D eigenvalue weighted by molar-refractivity contribution is 5.92. The summed E-state index contributed by atoms with van der Waals surface area (Å²) < 4.78 is 26.3. The van der Waals surface area contributed by atoms with E-state index in [1.54, 1.807) is 33.5 Å². The molecule has 0 spiro atoms. The van der Waals surface area contributed by atoms with Gasteiger partial charge in [-0.2, -0.15) is 0 Å². The molecule has 2 aromatic heterocycles. The first kappa shape index (κ1) is 18.4. The van der Waals surface area contributed by atoms with E-state index in [1.807, 2.05) is 12.1 Å². The van der Waals surface area contributed by atoms with E-state index < -0.39 is 0 Å². The van der Waals surface area contributed by atoms with Crippen molar-refractivity contribution in [2.24, 2.45) is 0 Å². The number of rotatable bonds is 8. The molecule has 3 rings (SSSR count). The first-order valence-corrected chi connectivity index (χ1v) is 8.24. The van der Waals surface area contributed by atoms with Crippen LogP contribution in [0.4, 0.5) is 0 Å². The van der Waals surface area contributed by atoms with Crippen molar-refractivity contribution >= 4 is 5.91 Å². The van der Waals surface area contributed by atoms with Crippen molar-refractivity contribution in [1.82, 2.24) is 10.5 Å². The van der Waals surface area contributed by atoms with Crippen molar-refractivity contribution in [3.05, 3.63) is 47.9 Å². The second-order valence-electron chi connectivity index (χ2n) is 5.59. The third kappa shape index (κ3) is 4.05. The predicted molar refractivity (Wildman–Crippen MR) is 96.3 cm³/mol. The Balaban J connectivity index is 1.62. The molecular weight excluding hydrogens is 352 g/mol. The Morgan fingerprint density at radius 1 is 1.07 bits per heavy atom. The number of ether oxygens (including phenoxy) is 3. The zero-order valence-corrected chi connectivity index (χ0v) is 15.3. The van der Waals surface area contributed by atoms with Gasteiger partial charge in [0.25, 0.3) is 5.91 Å². The Kier molecular flexibility index (Phi) is 5.65. The van der Waals surface area contributed by atoms with Crippen LogP contribution in [0.1, 0.15) is 16.1 Å². The number of carbonyl (C=O) groups excluding carboxylic acids is 1. The molecule has 0 aliphatic rings. The highest BCUT2D eigenvalue weighted by atomic mass is 16.5. The maximum atomic E-state index is 12.2. The fourth-order valence-corrected chi connectivity index (χ4v) is 2.61. The van der Waals surface area contributed by atoms with Crippen LogP contribution in [0.15, 0.2) is 45.5 Å². The summed E-state index contributed by atoms with van der Waals surface area (Å²) >= 11 is 0. The molecule has 1 N–H and O–H groups in total. The molecule has 142 valence electrons. The van der Waals surface area contributed by atoms with Gasteiger partial charge in [-0.15, -0.1) is 0 Å². The van der Waals surface area contributed by atoms with Crippen LogP contribution in [0.5, 0.6) is 17.2 Å². The number of hydrogen-bond donors (Lipinski definition) is 1. The van der Waals surface area contributed by atoms with Crippen LogP contribution in [0.25, 0.3) is 11.5 Å². The molecule has 27 heavy (non-hydrogen) atoms. The normalized spacial score (nSPS) is 10.5. The summed E-state index contributed by atoms with van der Waals surface area (Å²) in [4.78, 5) is 12.2. The Labute approximate surface area is 156 Å². The molecule has 0 radical (unpaired) electrons. The number of benzene rings is 1. The molecule has 0 saturated carbocycles. The molecule has 0 atom stereocenters. The van der Waals surface area contributed by atoms with Crippen LogP contribution in [0.3, 0.4) is 0 Å². The summed E-state index contributed by atoms with van der Waals surface area (Å²) in [5.74, 6) is 2.24. The van der Waals surface area contributed by atoms with Gasteiger partial charge in [-0.3, -0.25) is 4.79 Å². The molecule has 0 aliphatic heterocycles. The van der Waals surface area contributed by atoms with E-state index in [9.17, 15) is 4.79 Å². The van der Waals surface area contributed by atoms with Crippen molar-refractivity contribution in [3.63, 3.8) is 0 Å². The van der Waals surface area contributed by atoms with E-state index >= 15 is 0 Å². The van der Waals surface area contributed by atoms with Gasteiger partial charge in [0.2, 0.25) is 11.5 Å². The zero-order chi connectivity index (χ0) is 19.2. The van der Waals surface area contributed by atoms with Gasteiger partial charge in [-0.25, -0.2) is 0 Å². The molecule has 8 nitrogen and oxygen atoms in total. The average Bonchev–Trinajstić information content (AvgIpc) is 3.38. The summed E-state index contributed by atoms with van der Waals surface area (Å²) in [5, 5.41) is 6.58. The lowest BCUT2D eigenvalue weighted by Gasteiger charge is -2.14. The zero-order valence-electron chi connectivity index (χ0n) is 15.3. The minimum absolute atomic E-state index is 0.186. The number of nitrogens with zero attached hydrogens (tertiary/aromatic N) is 1. The number of carbonyl (C=O) groups is 1. The standard InChI is InChI=1S/C19H20N2O6/c1-23-16-9-12(10-17(24-2)18(16)25-3)6-7-20-19(22)13-11-15(27-21-13)14-5-4-8-26-14/h4-5,8-11H,6-7H2,1-3H3,(H,20,22). The lowest BCUT2D eigenvalue weighted by Crippen LogP contribution is -2.25. The maximum Gasteiger partial charge on any atom is 0.273 e. The molecule has 0 fully saturated rings. The van der Waals surface area contributed by atoms with Gasteiger partial charge in [0, 0.05) is 12.6 Å². The van der Waals surface area contributed by atoms with Crippen LogP contribution < -0.4 is 19.5 Å². The van der Waals surface area contributed by atoms with E-state index in [0.29, 0.717) is 41.7 Å². The number of nitrogens with one attached hydrogen (secondary N) is 1. The average molecular weight is 372 g/mol. The van der Waals surface area contributed by atoms with Crippen molar-refractivity contribution < 1.29 is 27.9 Å². The summed E-state index contributed by atoms with van der Waals surface area (Å²) in [6, 6.07) is 8.69. The molecule has 1 amide bonds. The van der Waals surface area contributed by atoms with Crippen LogP contribution >= 0.6 is 0 Å². The molecule has 0 saturated heterocycles. The monoisotopic (exact) mass is 372 g/mol. The van der Waals surface area contributed by atoms with E-state index in [2.05, 4.69) is 10.5 Å². The number of hydrogen-bond acceptors (Lipinski definition) is 7. The Hall–Kier alpha value is -3.42. The molecule has 2 heterocycles. The van der Waals surface area contributed by atoms with Gasteiger partial charge in [-0.05, 0) is 36.2 Å². The van der Waals surface area contributed by atoms with Crippen LogP contribution in [0.2, 0.25) is 0 Å². The van der Waals surface area contributed by atoms with Crippen molar-refractivity contribution in [2.45, 2.75) is 6.42 Å². The molecule has 0 bridgehead atoms. The quantitative estimate of drug-likeness (QED) is 0.649. The third-order valence-corrected chi connectivity index (χ3v) is 3.93. The predicted octanol–water partition coefficient (Wildman–Crippen LogP) is 2.93. The fourth-order valence-electron chi connectivity index (χ4n) is 2.61. The highest BCUT2D eigenvalue weighted by Gasteiger charge is 2.16. The van der Waals surface area contributed by atoms with Crippen molar-refractivity contribution in [3.8, 4) is 28.8 Å². The first-order valence-electron chi connectivity index (χ1n) is 8.24. The largest absolute Gasteiger partial charge is 0.493 e. The number of aromatic nitrogens is 1. The maximum absolute atomic E-state index is 12.2. The van der Waals surface area contributed by atoms with Gasteiger partial charge in [0.15, 0.2) is 23.0 Å². The SMILES string of the molecule is COc1cc(CCNC(=O)c2cc(-c3ccco3)on2)cc(OC)c1OC. The van der Waals surface area contributed by atoms with Gasteiger partial charge in [-0.1, -0.05) is 5.16 Å². The molecule has 0 unspecified atom stereocenters. The third-order valence-electron chi connectivity index (χ3n) is 3.93. The second kappa shape index (κ2) is 8.31. The molecule has 0 aliphatic carbocycles. The first-order chi connectivity index (χ1) is 13.2. The molecule has 8 heteroatoms. The number of methoxy groups -OCH3 is 3. The summed E-state index contributed by atoms with van der Waals surface area (Å²) in [6.45, 7) is 0.403. The Bertz CT molecular complexity index is 876. The summed E-state index contributed by atoms with van der Waals surface area (Å²) in [6.07, 6.45) is 2.10. The second-order valence-corrected chi connectivity index (χ2v) is 5.59. The van der Waals surface area contributed by atoms with E-state index in [0.717, 1.165) is 5.56 Å². The van der Waals surface area contributed by atoms with Crippen molar-refractivity contribution in [1.29, 1.82) is 0 Å². The van der Waals surface area contributed by atoms with E-state index in [4.69, 9.17) is 23.2 Å². The Morgan fingerprint density at radius 3 is 2.41 bits per heavy atom.